The number of amides is 3. The van der Waals surface area contributed by atoms with Gasteiger partial charge in [-0.2, -0.15) is 5.10 Å². The van der Waals surface area contributed by atoms with E-state index in [9.17, 15) is 23.5 Å². The molecule has 1 aromatic carbocycles. The molecule has 2 atom stereocenters. The lowest BCUT2D eigenvalue weighted by Crippen LogP contribution is -2.40. The lowest BCUT2D eigenvalue weighted by molar-refractivity contribution is 0.0626. The molecule has 4 rings (SSSR count). The Hall–Kier alpha value is -3.01. The lowest BCUT2D eigenvalue weighted by Gasteiger charge is -2.28. The second-order valence-electron chi connectivity index (χ2n) is 8.51. The van der Waals surface area contributed by atoms with Crippen LogP contribution in [0.5, 0.6) is 0 Å². The highest BCUT2D eigenvalue weighted by atomic mass is 19.1. The molecule has 1 aromatic heterocycles. The first kappa shape index (κ1) is 22.2. The molecule has 0 spiro atoms. The minimum absolute atomic E-state index is 0.0965. The Kier molecular flexibility index (Phi) is 5.89. The van der Waals surface area contributed by atoms with Crippen LogP contribution in [-0.4, -0.2) is 62.9 Å². The monoisotopic (exact) mass is 447 g/mol. The van der Waals surface area contributed by atoms with E-state index in [1.165, 1.54) is 17.9 Å². The van der Waals surface area contributed by atoms with Crippen molar-refractivity contribution < 1.29 is 23.5 Å². The quantitative estimate of drug-likeness (QED) is 0.757. The van der Waals surface area contributed by atoms with E-state index in [1.54, 1.807) is 16.6 Å². The highest BCUT2D eigenvalue weighted by molar-refractivity contribution is 5.95. The molecule has 0 saturated carbocycles. The zero-order chi connectivity index (χ0) is 23.2. The van der Waals surface area contributed by atoms with Crippen LogP contribution in [0.25, 0.3) is 0 Å². The summed E-state index contributed by atoms with van der Waals surface area (Å²) >= 11 is 0. The first-order valence-corrected chi connectivity index (χ1v) is 10.7. The van der Waals surface area contributed by atoms with Crippen molar-refractivity contribution in [1.29, 1.82) is 0 Å². The van der Waals surface area contributed by atoms with Gasteiger partial charge in [-0.15, -0.1) is 0 Å². The summed E-state index contributed by atoms with van der Waals surface area (Å²) in [6.07, 6.45) is 0.482. The first-order chi connectivity index (χ1) is 15.2. The number of fused-ring (bicyclic) bond motifs is 3. The molecule has 0 saturated heterocycles. The summed E-state index contributed by atoms with van der Waals surface area (Å²) in [5, 5.41) is 17.5. The second kappa shape index (κ2) is 8.50. The van der Waals surface area contributed by atoms with Gasteiger partial charge in [-0.25, -0.2) is 13.6 Å². The van der Waals surface area contributed by atoms with E-state index < -0.39 is 23.8 Å². The molecular weight excluding hydrogens is 420 g/mol. The number of anilines is 1. The number of nitrogens with one attached hydrogen (secondary N) is 1. The fraction of sp³-hybridized carbons (Fsp3) is 0.500. The third-order valence-electron chi connectivity index (χ3n) is 6.38. The van der Waals surface area contributed by atoms with Crippen molar-refractivity contribution >= 4 is 17.6 Å². The summed E-state index contributed by atoms with van der Waals surface area (Å²) < 4.78 is 29.5. The van der Waals surface area contributed by atoms with E-state index in [-0.39, 0.29) is 29.6 Å². The number of halogens is 2. The number of aromatic nitrogens is 2. The summed E-state index contributed by atoms with van der Waals surface area (Å²) in [5.41, 5.74) is 1.59. The number of aliphatic hydroxyl groups excluding tert-OH is 1. The first-order valence-electron chi connectivity index (χ1n) is 10.7. The van der Waals surface area contributed by atoms with Crippen molar-refractivity contribution in [3.8, 4) is 0 Å². The van der Waals surface area contributed by atoms with Crippen LogP contribution in [0.4, 0.5) is 19.3 Å². The number of rotatable bonds is 3. The van der Waals surface area contributed by atoms with Crippen LogP contribution >= 0.6 is 0 Å². The van der Waals surface area contributed by atoms with Gasteiger partial charge < -0.3 is 20.2 Å². The molecule has 0 bridgehead atoms. The van der Waals surface area contributed by atoms with Gasteiger partial charge in [0.2, 0.25) is 0 Å². The zero-order valence-electron chi connectivity index (χ0n) is 18.4. The zero-order valence-corrected chi connectivity index (χ0v) is 18.4. The third kappa shape index (κ3) is 3.83. The summed E-state index contributed by atoms with van der Waals surface area (Å²) in [4.78, 5) is 29.0. The van der Waals surface area contributed by atoms with Crippen molar-refractivity contribution in [3.63, 3.8) is 0 Å². The summed E-state index contributed by atoms with van der Waals surface area (Å²) in [6, 6.07) is 1.76. The predicted octanol–water partition coefficient (Wildman–Crippen LogP) is 2.53. The Balaban J connectivity index is 1.58. The molecule has 0 aliphatic carbocycles. The van der Waals surface area contributed by atoms with Crippen LogP contribution in [0.1, 0.15) is 40.7 Å². The molecular formula is C22H27F2N5O3. The normalized spacial score (nSPS) is 19.3. The van der Waals surface area contributed by atoms with E-state index in [4.69, 9.17) is 0 Å². The number of carbonyl (C=O) groups excluding carboxylic acids is 2. The van der Waals surface area contributed by atoms with Crippen LogP contribution in [0.3, 0.4) is 0 Å². The molecule has 172 valence electrons. The maximum absolute atomic E-state index is 14.3. The van der Waals surface area contributed by atoms with Gasteiger partial charge in [0.1, 0.15) is 11.5 Å². The molecule has 2 aliphatic heterocycles. The van der Waals surface area contributed by atoms with Crippen LogP contribution in [0.15, 0.2) is 12.1 Å². The molecule has 3 heterocycles. The molecule has 0 fully saturated rings. The number of hydrogen-bond acceptors (Lipinski definition) is 4. The molecule has 2 N–H and O–H groups in total. The molecule has 0 unspecified atom stereocenters. The van der Waals surface area contributed by atoms with Gasteiger partial charge in [0.05, 0.1) is 24.0 Å². The Bertz CT molecular complexity index is 1070. The molecule has 32 heavy (non-hydrogen) atoms. The van der Waals surface area contributed by atoms with Gasteiger partial charge in [0, 0.05) is 50.1 Å². The highest BCUT2D eigenvalue weighted by Gasteiger charge is 2.36. The Morgan fingerprint density at radius 2 is 2.09 bits per heavy atom. The van der Waals surface area contributed by atoms with Gasteiger partial charge in [0.25, 0.3) is 5.91 Å². The second-order valence-corrected chi connectivity index (χ2v) is 8.51. The maximum atomic E-state index is 14.3. The van der Waals surface area contributed by atoms with Crippen LogP contribution in [0.2, 0.25) is 0 Å². The molecule has 3 amide bonds. The number of urea groups is 1. The van der Waals surface area contributed by atoms with Gasteiger partial charge in [-0.3, -0.25) is 9.48 Å². The maximum Gasteiger partial charge on any atom is 0.322 e. The third-order valence-corrected chi connectivity index (χ3v) is 6.38. The van der Waals surface area contributed by atoms with Crippen LogP contribution < -0.4 is 5.32 Å². The minimum atomic E-state index is -0.812. The van der Waals surface area contributed by atoms with Crippen molar-refractivity contribution in [2.24, 2.45) is 5.92 Å². The number of aliphatic hydroxyl groups is 1. The average molecular weight is 447 g/mol. The fourth-order valence-electron chi connectivity index (χ4n) is 4.40. The topological polar surface area (TPSA) is 90.7 Å². The highest BCUT2D eigenvalue weighted by Crippen LogP contribution is 2.28. The summed E-state index contributed by atoms with van der Waals surface area (Å²) in [7, 11) is 1.69. The lowest BCUT2D eigenvalue weighted by atomic mass is 10.0. The van der Waals surface area contributed by atoms with E-state index in [1.807, 2.05) is 6.92 Å². The van der Waals surface area contributed by atoms with Gasteiger partial charge in [-0.1, -0.05) is 6.92 Å². The van der Waals surface area contributed by atoms with E-state index in [2.05, 4.69) is 10.4 Å². The molecule has 2 aliphatic rings. The number of carbonyl (C=O) groups is 2. The number of hydrogen-bond donors (Lipinski definition) is 2. The molecule has 2 aromatic rings. The largest absolute Gasteiger partial charge is 0.393 e. The van der Waals surface area contributed by atoms with Crippen molar-refractivity contribution in [1.82, 2.24) is 19.6 Å². The Morgan fingerprint density at radius 3 is 2.81 bits per heavy atom. The minimum Gasteiger partial charge on any atom is -0.393 e. The van der Waals surface area contributed by atoms with Gasteiger partial charge >= 0.3 is 6.03 Å². The Labute approximate surface area is 184 Å². The van der Waals surface area contributed by atoms with Crippen molar-refractivity contribution in [2.45, 2.75) is 45.9 Å². The van der Waals surface area contributed by atoms with Gasteiger partial charge in [0.15, 0.2) is 5.82 Å². The SMILES string of the molecule is CC[C@H](O)[C@@H]1CN(C)C(=O)c2c3c(nn2C1)CCN(C(=O)Nc1ccc(F)c(C)c1F)C3. The summed E-state index contributed by atoms with van der Waals surface area (Å²) in [5.74, 6) is -1.83. The van der Waals surface area contributed by atoms with E-state index >= 15 is 0 Å². The standard InChI is InChI=1S/C22H27F2N5O3/c1-4-18(30)13-9-27(3)21(31)20-14-11-28(8-7-16(14)26-29(20)10-13)22(32)25-17-6-5-15(23)12(2)19(17)24/h5-6,13,18,30H,4,7-11H2,1-3H3,(H,25,32)/t13-,18+/m1/s1. The van der Waals surface area contributed by atoms with Gasteiger partial charge in [-0.05, 0) is 25.5 Å². The van der Waals surface area contributed by atoms with E-state index in [0.29, 0.717) is 43.7 Å². The smallest absolute Gasteiger partial charge is 0.322 e. The fourth-order valence-corrected chi connectivity index (χ4v) is 4.40. The van der Waals surface area contributed by atoms with Crippen molar-refractivity contribution in [3.05, 3.63) is 46.3 Å². The van der Waals surface area contributed by atoms with Crippen LogP contribution in [0, 0.1) is 24.5 Å². The van der Waals surface area contributed by atoms with E-state index in [0.717, 1.165) is 11.8 Å². The number of nitrogens with zero attached hydrogens (tertiary/aromatic N) is 4. The van der Waals surface area contributed by atoms with Crippen molar-refractivity contribution in [2.75, 3.05) is 25.5 Å². The molecule has 0 radical (unpaired) electrons. The predicted molar refractivity (Wildman–Crippen MR) is 113 cm³/mol. The Morgan fingerprint density at radius 1 is 1.34 bits per heavy atom. The molecule has 8 nitrogen and oxygen atoms in total. The molecule has 10 heteroatoms. The summed E-state index contributed by atoms with van der Waals surface area (Å²) in [6.45, 7) is 4.54. The number of benzene rings is 1. The van der Waals surface area contributed by atoms with Crippen LogP contribution in [-0.2, 0) is 19.5 Å². The average Bonchev–Trinajstić information content (AvgIpc) is 3.08.